The molecule has 0 saturated carbocycles. The number of nitrogens with two attached hydrogens (primary N) is 2. The number of carboxylic acid groups (broad SMARTS) is 2. The van der Waals surface area contributed by atoms with Gasteiger partial charge < -0.3 is 53.4 Å². The summed E-state index contributed by atoms with van der Waals surface area (Å²) in [4.78, 5) is 88.2. The SMILES string of the molecule is CC(C)C[C@H](NC(=O)[C@H](CO)NC(=O)[C@H](CCC(=O)O)NC(=O)[C@H](CCCCN)NC(=O)[C@@H](N)C(C)C)C(=O)N[C@H](C(=O)O)C(C)C. The van der Waals surface area contributed by atoms with E-state index in [0.29, 0.717) is 19.4 Å². The Bertz CT molecular complexity index is 1070. The number of aliphatic carboxylic acids is 2. The van der Waals surface area contributed by atoms with Gasteiger partial charge in [-0.15, -0.1) is 0 Å². The van der Waals surface area contributed by atoms with Crippen LogP contribution in [0.2, 0.25) is 0 Å². The van der Waals surface area contributed by atoms with Crippen molar-refractivity contribution in [2.75, 3.05) is 13.2 Å². The number of aliphatic hydroxyl groups is 1. The van der Waals surface area contributed by atoms with Gasteiger partial charge in [0.05, 0.1) is 12.6 Å². The fourth-order valence-electron chi connectivity index (χ4n) is 4.35. The van der Waals surface area contributed by atoms with Crippen molar-refractivity contribution in [1.82, 2.24) is 26.6 Å². The lowest BCUT2D eigenvalue weighted by molar-refractivity contribution is -0.143. The largest absolute Gasteiger partial charge is 0.481 e. The highest BCUT2D eigenvalue weighted by atomic mass is 16.4. The maximum atomic E-state index is 13.3. The van der Waals surface area contributed by atoms with Gasteiger partial charge in [0, 0.05) is 6.42 Å². The molecule has 0 saturated heterocycles. The molecule has 5 amide bonds. The first-order valence-corrected chi connectivity index (χ1v) is 15.9. The normalized spacial score (nSPS) is 15.1. The van der Waals surface area contributed by atoms with Gasteiger partial charge in [-0.1, -0.05) is 41.5 Å². The highest BCUT2D eigenvalue weighted by molar-refractivity contribution is 5.96. The topological polar surface area (TPSA) is 292 Å². The van der Waals surface area contributed by atoms with Crippen molar-refractivity contribution >= 4 is 41.5 Å². The van der Waals surface area contributed by atoms with E-state index in [0.717, 1.165) is 0 Å². The fourth-order valence-corrected chi connectivity index (χ4v) is 4.35. The number of amides is 5. The van der Waals surface area contributed by atoms with Crippen LogP contribution in [0, 0.1) is 17.8 Å². The number of carbonyl (C=O) groups excluding carboxylic acids is 5. The zero-order valence-electron chi connectivity index (χ0n) is 28.2. The van der Waals surface area contributed by atoms with Crippen molar-refractivity contribution in [1.29, 1.82) is 0 Å². The second-order valence-corrected chi connectivity index (χ2v) is 12.6. The first kappa shape index (κ1) is 43.2. The Hall–Kier alpha value is -3.83. The average Bonchev–Trinajstić information content (AvgIpc) is 2.97. The molecule has 0 heterocycles. The van der Waals surface area contributed by atoms with E-state index in [9.17, 15) is 48.9 Å². The molecule has 17 nitrogen and oxygen atoms in total. The van der Waals surface area contributed by atoms with Gasteiger partial charge in [-0.05, 0) is 56.4 Å². The molecule has 0 fully saturated rings. The summed E-state index contributed by atoms with van der Waals surface area (Å²) in [6.07, 6.45) is 0.284. The Balaban J connectivity index is 5.97. The maximum Gasteiger partial charge on any atom is 0.326 e. The van der Waals surface area contributed by atoms with Crippen LogP contribution in [0.15, 0.2) is 0 Å². The molecule has 0 bridgehead atoms. The highest BCUT2D eigenvalue weighted by Crippen LogP contribution is 2.10. The maximum absolute atomic E-state index is 13.3. The summed E-state index contributed by atoms with van der Waals surface area (Å²) < 4.78 is 0. The second kappa shape index (κ2) is 21.9. The van der Waals surface area contributed by atoms with Gasteiger partial charge in [-0.25, -0.2) is 4.79 Å². The van der Waals surface area contributed by atoms with E-state index in [2.05, 4.69) is 26.6 Å². The van der Waals surface area contributed by atoms with E-state index in [4.69, 9.17) is 11.5 Å². The molecule has 0 rings (SSSR count). The lowest BCUT2D eigenvalue weighted by Crippen LogP contribution is -2.60. The third-order valence-electron chi connectivity index (χ3n) is 7.27. The van der Waals surface area contributed by atoms with E-state index in [1.807, 2.05) is 0 Å². The molecule has 0 unspecified atom stereocenters. The lowest BCUT2D eigenvalue weighted by Gasteiger charge is -2.27. The van der Waals surface area contributed by atoms with Crippen molar-refractivity contribution in [3.8, 4) is 0 Å². The fraction of sp³-hybridized carbons (Fsp3) is 0.767. The van der Waals surface area contributed by atoms with Crippen LogP contribution in [0.5, 0.6) is 0 Å². The predicted octanol–water partition coefficient (Wildman–Crippen LogP) is -1.83. The van der Waals surface area contributed by atoms with Crippen molar-refractivity contribution in [3.63, 3.8) is 0 Å². The minimum Gasteiger partial charge on any atom is -0.481 e. The van der Waals surface area contributed by atoms with Crippen molar-refractivity contribution in [2.45, 2.75) is 116 Å². The molecular formula is C30H55N7O10. The Labute approximate surface area is 275 Å². The zero-order valence-corrected chi connectivity index (χ0v) is 28.2. The van der Waals surface area contributed by atoms with Gasteiger partial charge in [-0.3, -0.25) is 28.8 Å². The number of unbranched alkanes of at least 4 members (excludes halogenated alkanes) is 1. The summed E-state index contributed by atoms with van der Waals surface area (Å²) >= 11 is 0. The summed E-state index contributed by atoms with van der Waals surface area (Å²) in [5.41, 5.74) is 11.5. The van der Waals surface area contributed by atoms with Gasteiger partial charge in [-0.2, -0.15) is 0 Å². The summed E-state index contributed by atoms with van der Waals surface area (Å²) in [6, 6.07) is -7.62. The molecule has 0 aliphatic heterocycles. The minimum absolute atomic E-state index is 0.100. The summed E-state index contributed by atoms with van der Waals surface area (Å²) in [6.45, 7) is 9.60. The number of hydrogen-bond donors (Lipinski definition) is 10. The summed E-state index contributed by atoms with van der Waals surface area (Å²) in [7, 11) is 0. The van der Waals surface area contributed by atoms with Gasteiger partial charge in [0.15, 0.2) is 0 Å². The molecule has 47 heavy (non-hydrogen) atoms. The number of aliphatic hydroxyl groups excluding tert-OH is 1. The molecule has 12 N–H and O–H groups in total. The molecule has 0 aliphatic rings. The van der Waals surface area contributed by atoms with Gasteiger partial charge in [0.1, 0.15) is 30.2 Å². The number of carbonyl (C=O) groups is 7. The number of hydrogen-bond acceptors (Lipinski definition) is 10. The summed E-state index contributed by atoms with van der Waals surface area (Å²) in [5, 5.41) is 40.7. The third-order valence-corrected chi connectivity index (χ3v) is 7.27. The quantitative estimate of drug-likeness (QED) is 0.0536. The monoisotopic (exact) mass is 673 g/mol. The van der Waals surface area contributed by atoms with Crippen molar-refractivity contribution in [2.24, 2.45) is 29.2 Å². The number of nitrogens with one attached hydrogen (secondary N) is 5. The Morgan fingerprint density at radius 3 is 1.53 bits per heavy atom. The van der Waals surface area contributed by atoms with E-state index in [-0.39, 0.29) is 24.7 Å². The van der Waals surface area contributed by atoms with Crippen molar-refractivity contribution < 1.29 is 48.9 Å². The highest BCUT2D eigenvalue weighted by Gasteiger charge is 2.33. The van der Waals surface area contributed by atoms with Crippen LogP contribution in [0.3, 0.4) is 0 Å². The van der Waals surface area contributed by atoms with E-state index >= 15 is 0 Å². The number of rotatable bonds is 23. The second-order valence-electron chi connectivity index (χ2n) is 12.6. The van der Waals surface area contributed by atoms with Crippen LogP contribution >= 0.6 is 0 Å². The first-order chi connectivity index (χ1) is 21.9. The minimum atomic E-state index is -1.63. The molecule has 0 aromatic rings. The lowest BCUT2D eigenvalue weighted by atomic mass is 10.00. The molecule has 0 aliphatic carbocycles. The van der Waals surface area contributed by atoms with Gasteiger partial charge in [0.25, 0.3) is 0 Å². The molecular weight excluding hydrogens is 618 g/mol. The van der Waals surface area contributed by atoms with Crippen LogP contribution in [0.1, 0.15) is 80.1 Å². The molecule has 0 radical (unpaired) electrons. The van der Waals surface area contributed by atoms with Crippen LogP contribution in [-0.4, -0.2) is 106 Å². The average molecular weight is 674 g/mol. The van der Waals surface area contributed by atoms with Crippen LogP contribution in [0.4, 0.5) is 0 Å². The van der Waals surface area contributed by atoms with Crippen molar-refractivity contribution in [3.05, 3.63) is 0 Å². The molecule has 17 heteroatoms. The molecule has 270 valence electrons. The Kier molecular flexibility index (Phi) is 20.1. The van der Waals surface area contributed by atoms with Crippen LogP contribution in [-0.2, 0) is 33.6 Å². The Morgan fingerprint density at radius 2 is 1.09 bits per heavy atom. The predicted molar refractivity (Wildman–Crippen MR) is 171 cm³/mol. The molecule has 0 aromatic carbocycles. The zero-order chi connectivity index (χ0) is 36.4. The molecule has 6 atom stereocenters. The van der Waals surface area contributed by atoms with Gasteiger partial charge >= 0.3 is 11.9 Å². The van der Waals surface area contributed by atoms with E-state index in [1.165, 1.54) is 0 Å². The Morgan fingerprint density at radius 1 is 0.617 bits per heavy atom. The van der Waals surface area contributed by atoms with Gasteiger partial charge in [0.2, 0.25) is 29.5 Å². The van der Waals surface area contributed by atoms with E-state index < -0.39 is 103 Å². The molecule has 0 spiro atoms. The number of carboxylic acids is 2. The van der Waals surface area contributed by atoms with Crippen LogP contribution in [0.25, 0.3) is 0 Å². The standard InChI is InChI=1S/C30H55N7O10/c1-15(2)13-20(27(43)37-24(17(5)6)30(46)47)35-28(44)21(14-38)36-26(42)19(10-11-22(39)40)33-25(41)18(9-7-8-12-31)34-29(45)23(32)16(3)4/h15-21,23-24,38H,7-14,31-32H2,1-6H3,(H,33,41)(H,34,45)(H,35,44)(H,36,42)(H,37,43)(H,39,40)(H,46,47)/t18-,19-,20-,21-,23-,24-/m0/s1. The third kappa shape index (κ3) is 16.5. The summed E-state index contributed by atoms with van der Waals surface area (Å²) in [5.74, 6) is -7.51. The smallest absolute Gasteiger partial charge is 0.326 e. The van der Waals surface area contributed by atoms with Crippen LogP contribution < -0.4 is 38.1 Å². The van der Waals surface area contributed by atoms with E-state index in [1.54, 1.807) is 41.5 Å². The molecule has 0 aromatic heterocycles. The first-order valence-electron chi connectivity index (χ1n) is 15.9.